The first-order valence-electron chi connectivity index (χ1n) is 5.61. The topological polar surface area (TPSA) is 69.6 Å². The summed E-state index contributed by atoms with van der Waals surface area (Å²) in [5, 5.41) is 0. The van der Waals surface area contributed by atoms with Crippen LogP contribution in [0.5, 0.6) is 0 Å². The van der Waals surface area contributed by atoms with Gasteiger partial charge in [-0.2, -0.15) is 0 Å². The number of rotatable bonds is 2. The van der Waals surface area contributed by atoms with Gasteiger partial charge in [0.05, 0.1) is 0 Å². The minimum Gasteiger partial charge on any atom is -0.399 e. The number of aromatic nitrogens is 4. The highest BCUT2D eigenvalue weighted by Crippen LogP contribution is 2.20. The van der Waals surface area contributed by atoms with Gasteiger partial charge in [-0.1, -0.05) is 0 Å². The molecule has 1 aromatic carbocycles. The van der Waals surface area contributed by atoms with Gasteiger partial charge in [-0.05, 0) is 46.9 Å². The first kappa shape index (κ1) is 12.1. The van der Waals surface area contributed by atoms with Gasteiger partial charge < -0.3 is 5.73 Å². The van der Waals surface area contributed by atoms with Gasteiger partial charge in [-0.25, -0.2) is 15.0 Å². The molecule has 19 heavy (non-hydrogen) atoms. The quantitative estimate of drug-likeness (QED) is 0.561. The van der Waals surface area contributed by atoms with Gasteiger partial charge in [-0.3, -0.25) is 4.57 Å². The molecule has 94 valence electrons. The fourth-order valence-electron chi connectivity index (χ4n) is 1.74. The van der Waals surface area contributed by atoms with Crippen molar-refractivity contribution in [2.45, 2.75) is 0 Å². The molecule has 0 amide bonds. The largest absolute Gasteiger partial charge is 0.399 e. The van der Waals surface area contributed by atoms with E-state index >= 15 is 0 Å². The van der Waals surface area contributed by atoms with Crippen LogP contribution >= 0.6 is 22.6 Å². The highest BCUT2D eigenvalue weighted by molar-refractivity contribution is 14.1. The van der Waals surface area contributed by atoms with Crippen LogP contribution in [-0.2, 0) is 0 Å². The zero-order valence-corrected chi connectivity index (χ0v) is 12.0. The van der Waals surface area contributed by atoms with Crippen molar-refractivity contribution >= 4 is 28.3 Å². The predicted octanol–water partition coefficient (Wildman–Crippen LogP) is 2.52. The van der Waals surface area contributed by atoms with E-state index in [1.807, 2.05) is 35.0 Å². The first-order chi connectivity index (χ1) is 9.24. The van der Waals surface area contributed by atoms with Crippen molar-refractivity contribution in [1.29, 1.82) is 0 Å². The van der Waals surface area contributed by atoms with Gasteiger partial charge >= 0.3 is 0 Å². The van der Waals surface area contributed by atoms with Crippen molar-refractivity contribution in [2.75, 3.05) is 5.73 Å². The number of anilines is 1. The summed E-state index contributed by atoms with van der Waals surface area (Å²) in [4.78, 5) is 13.0. The molecule has 0 spiro atoms. The van der Waals surface area contributed by atoms with Gasteiger partial charge in [0.2, 0.25) is 5.95 Å². The summed E-state index contributed by atoms with van der Waals surface area (Å²) >= 11 is 2.17. The monoisotopic (exact) mass is 363 g/mol. The molecule has 0 atom stereocenters. The van der Waals surface area contributed by atoms with E-state index < -0.39 is 0 Å². The maximum Gasteiger partial charge on any atom is 0.235 e. The molecule has 6 heteroatoms. The molecule has 0 aliphatic carbocycles. The molecule has 2 aromatic heterocycles. The lowest BCUT2D eigenvalue weighted by Gasteiger charge is -2.06. The Bertz CT molecular complexity index is 628. The number of nitrogens with zero attached hydrogens (tertiary/aromatic N) is 4. The lowest BCUT2D eigenvalue weighted by atomic mass is 10.2. The third-order valence-electron chi connectivity index (χ3n) is 2.63. The molecule has 3 rings (SSSR count). The Balaban J connectivity index is 2.07. The van der Waals surface area contributed by atoms with Crippen LogP contribution in [0.1, 0.15) is 0 Å². The Morgan fingerprint density at radius 3 is 2.37 bits per heavy atom. The lowest BCUT2D eigenvalue weighted by molar-refractivity contribution is 0.929. The van der Waals surface area contributed by atoms with Crippen LogP contribution in [0.25, 0.3) is 17.3 Å². The summed E-state index contributed by atoms with van der Waals surface area (Å²) in [6.45, 7) is 0. The Morgan fingerprint density at radius 2 is 1.68 bits per heavy atom. The molecule has 2 N–H and O–H groups in total. The molecule has 0 aliphatic rings. The van der Waals surface area contributed by atoms with Gasteiger partial charge in [-0.15, -0.1) is 0 Å². The number of nitrogens with two attached hydrogens (primary N) is 1. The molecule has 2 heterocycles. The fourth-order valence-corrected chi connectivity index (χ4v) is 2.02. The van der Waals surface area contributed by atoms with Crippen LogP contribution in [0.2, 0.25) is 0 Å². The van der Waals surface area contributed by atoms with Crippen LogP contribution in [0.4, 0.5) is 5.69 Å². The summed E-state index contributed by atoms with van der Waals surface area (Å²) in [5.41, 5.74) is 7.40. The van der Waals surface area contributed by atoms with Crippen LogP contribution < -0.4 is 5.73 Å². The summed E-state index contributed by atoms with van der Waals surface area (Å²) in [6.07, 6.45) is 7.12. The standard InChI is InChI=1S/C13H10IN5/c14-10-7-17-13(18-8-10)19-6-5-16-12(19)9-1-3-11(15)4-2-9/h1-8H,15H2. The number of benzene rings is 1. The Hall–Kier alpha value is -1.96. The van der Waals surface area contributed by atoms with Crippen molar-refractivity contribution in [3.8, 4) is 17.3 Å². The minimum atomic E-state index is 0.602. The SMILES string of the molecule is Nc1ccc(-c2nccn2-c2ncc(I)cn2)cc1. The zero-order valence-electron chi connectivity index (χ0n) is 9.86. The van der Waals surface area contributed by atoms with Crippen LogP contribution in [0.3, 0.4) is 0 Å². The molecule has 0 aliphatic heterocycles. The van der Waals surface area contributed by atoms with E-state index in [4.69, 9.17) is 5.73 Å². The van der Waals surface area contributed by atoms with E-state index in [0.717, 1.165) is 20.6 Å². The third-order valence-corrected chi connectivity index (χ3v) is 3.19. The number of imidazole rings is 1. The van der Waals surface area contributed by atoms with Crippen molar-refractivity contribution in [1.82, 2.24) is 19.5 Å². The molecule has 3 aromatic rings. The average molecular weight is 363 g/mol. The second kappa shape index (κ2) is 4.96. The van der Waals surface area contributed by atoms with Crippen LogP contribution in [-0.4, -0.2) is 19.5 Å². The number of nitrogen functional groups attached to an aromatic ring is 1. The number of hydrogen-bond donors (Lipinski definition) is 1. The van der Waals surface area contributed by atoms with Crippen molar-refractivity contribution < 1.29 is 0 Å². The Kier molecular flexibility index (Phi) is 3.16. The Morgan fingerprint density at radius 1 is 1.00 bits per heavy atom. The molecule has 5 nitrogen and oxygen atoms in total. The van der Waals surface area contributed by atoms with E-state index in [9.17, 15) is 0 Å². The number of hydrogen-bond acceptors (Lipinski definition) is 4. The second-order valence-corrected chi connectivity index (χ2v) is 5.19. The summed E-state index contributed by atoms with van der Waals surface area (Å²) in [5.74, 6) is 1.39. The average Bonchev–Trinajstić information content (AvgIpc) is 2.90. The summed E-state index contributed by atoms with van der Waals surface area (Å²) < 4.78 is 2.84. The van der Waals surface area contributed by atoms with Gasteiger partial charge in [0.25, 0.3) is 0 Å². The van der Waals surface area contributed by atoms with Crippen molar-refractivity contribution in [3.63, 3.8) is 0 Å². The first-order valence-corrected chi connectivity index (χ1v) is 6.69. The van der Waals surface area contributed by atoms with Gasteiger partial charge in [0.15, 0.2) is 0 Å². The molecule has 0 saturated carbocycles. The third kappa shape index (κ3) is 2.43. The minimum absolute atomic E-state index is 0.602. The predicted molar refractivity (Wildman–Crippen MR) is 81.7 cm³/mol. The summed E-state index contributed by atoms with van der Waals surface area (Å²) in [7, 11) is 0. The van der Waals surface area contributed by atoms with Crippen LogP contribution in [0.15, 0.2) is 49.1 Å². The second-order valence-electron chi connectivity index (χ2n) is 3.94. The molecule has 0 bridgehead atoms. The van der Waals surface area contributed by atoms with E-state index in [1.165, 1.54) is 0 Å². The molecule has 0 radical (unpaired) electrons. The van der Waals surface area contributed by atoms with E-state index in [2.05, 4.69) is 37.5 Å². The number of halogens is 1. The lowest BCUT2D eigenvalue weighted by Crippen LogP contribution is -2.02. The zero-order chi connectivity index (χ0) is 13.2. The highest BCUT2D eigenvalue weighted by Gasteiger charge is 2.09. The normalized spacial score (nSPS) is 10.6. The van der Waals surface area contributed by atoms with Gasteiger partial charge in [0, 0.05) is 39.6 Å². The molecule has 0 saturated heterocycles. The van der Waals surface area contributed by atoms with E-state index in [-0.39, 0.29) is 0 Å². The smallest absolute Gasteiger partial charge is 0.235 e. The van der Waals surface area contributed by atoms with Gasteiger partial charge in [0.1, 0.15) is 5.82 Å². The maximum absolute atomic E-state index is 5.69. The maximum atomic E-state index is 5.69. The molecule has 0 unspecified atom stereocenters. The highest BCUT2D eigenvalue weighted by atomic mass is 127. The molecular weight excluding hydrogens is 353 g/mol. The van der Waals surface area contributed by atoms with Crippen molar-refractivity contribution in [2.24, 2.45) is 0 Å². The Labute approximate surface area is 123 Å². The fraction of sp³-hybridized carbons (Fsp3) is 0. The van der Waals surface area contributed by atoms with Crippen molar-refractivity contribution in [3.05, 3.63) is 52.6 Å². The van der Waals surface area contributed by atoms with E-state index in [0.29, 0.717) is 5.95 Å². The summed E-state index contributed by atoms with van der Waals surface area (Å²) in [6, 6.07) is 7.56. The van der Waals surface area contributed by atoms with E-state index in [1.54, 1.807) is 18.6 Å². The molecular formula is C13H10IN5. The molecule has 0 fully saturated rings. The van der Waals surface area contributed by atoms with Crippen LogP contribution in [0, 0.1) is 3.57 Å².